The van der Waals surface area contributed by atoms with Crippen molar-refractivity contribution >= 4 is 23.9 Å². The number of benzene rings is 4. The standard InChI is InChI=1S/C34H28O10/c35-30(36)22-14-12-20(18-24(22)32(39)40)43-28-10-4-2-8-26(28)34(16-6-1-7-17-34)27-9-3-5-11-29(27)44-21-13-15-23(31(37)38)25(19-21)33(41)42/h2-5,8-15,18-19H,1,6-7,16-17H2,(H,35,36)(H,37,38)(H,39,40)(H,41,42). The Morgan fingerprint density at radius 2 is 0.886 bits per heavy atom. The maximum absolute atomic E-state index is 11.8. The van der Waals surface area contributed by atoms with Gasteiger partial charge in [0.25, 0.3) is 0 Å². The number of hydrogen-bond donors (Lipinski definition) is 4. The van der Waals surface area contributed by atoms with Crippen molar-refractivity contribution < 1.29 is 49.1 Å². The van der Waals surface area contributed by atoms with E-state index in [4.69, 9.17) is 9.47 Å². The van der Waals surface area contributed by atoms with E-state index in [1.807, 2.05) is 24.3 Å². The second-order valence-electron chi connectivity index (χ2n) is 10.5. The quantitative estimate of drug-likeness (QED) is 0.146. The summed E-state index contributed by atoms with van der Waals surface area (Å²) in [7, 11) is 0. The summed E-state index contributed by atoms with van der Waals surface area (Å²) < 4.78 is 12.5. The van der Waals surface area contributed by atoms with Crippen LogP contribution in [-0.4, -0.2) is 44.3 Å². The second kappa shape index (κ2) is 12.3. The fourth-order valence-electron chi connectivity index (χ4n) is 5.90. The number of aromatic carboxylic acids is 4. The minimum Gasteiger partial charge on any atom is -0.478 e. The minimum atomic E-state index is -1.39. The first-order valence-electron chi connectivity index (χ1n) is 13.9. The van der Waals surface area contributed by atoms with Crippen LogP contribution in [0.1, 0.15) is 84.7 Å². The SMILES string of the molecule is O=C(O)c1ccc(Oc2ccccc2C2(c3ccccc3Oc3ccc(C(=O)O)c(C(=O)O)c3)CCCCC2)cc1C(=O)O. The van der Waals surface area contributed by atoms with E-state index in [-0.39, 0.29) is 22.6 Å². The number of ether oxygens (including phenoxy) is 2. The van der Waals surface area contributed by atoms with Crippen molar-refractivity contribution in [2.24, 2.45) is 0 Å². The molecule has 0 heterocycles. The summed E-state index contributed by atoms with van der Waals surface area (Å²) in [6.07, 6.45) is 4.27. The fraction of sp³-hybridized carbons (Fsp3) is 0.176. The number of carboxylic acid groups (broad SMARTS) is 4. The third kappa shape index (κ3) is 5.82. The van der Waals surface area contributed by atoms with E-state index in [0.717, 1.165) is 43.2 Å². The van der Waals surface area contributed by atoms with Crippen LogP contribution < -0.4 is 9.47 Å². The third-order valence-electron chi connectivity index (χ3n) is 7.87. The van der Waals surface area contributed by atoms with Crippen molar-refractivity contribution in [3.63, 3.8) is 0 Å². The molecule has 1 aliphatic carbocycles. The van der Waals surface area contributed by atoms with Crippen LogP contribution >= 0.6 is 0 Å². The molecule has 0 aromatic heterocycles. The van der Waals surface area contributed by atoms with Gasteiger partial charge >= 0.3 is 23.9 Å². The van der Waals surface area contributed by atoms with E-state index in [1.54, 1.807) is 24.3 Å². The lowest BCUT2D eigenvalue weighted by Crippen LogP contribution is -2.31. The van der Waals surface area contributed by atoms with Crippen molar-refractivity contribution in [3.05, 3.63) is 118 Å². The maximum Gasteiger partial charge on any atom is 0.336 e. The number of hydrogen-bond acceptors (Lipinski definition) is 6. The third-order valence-corrected chi connectivity index (χ3v) is 7.87. The fourth-order valence-corrected chi connectivity index (χ4v) is 5.90. The molecule has 224 valence electrons. The zero-order valence-corrected chi connectivity index (χ0v) is 23.4. The van der Waals surface area contributed by atoms with Crippen LogP contribution in [0.15, 0.2) is 84.9 Å². The summed E-state index contributed by atoms with van der Waals surface area (Å²) in [6.45, 7) is 0. The molecule has 0 spiro atoms. The lowest BCUT2D eigenvalue weighted by atomic mass is 9.64. The Morgan fingerprint density at radius 3 is 1.27 bits per heavy atom. The van der Waals surface area contributed by atoms with Crippen LogP contribution in [0, 0.1) is 0 Å². The molecule has 0 bridgehead atoms. The molecule has 0 atom stereocenters. The van der Waals surface area contributed by atoms with Gasteiger partial charge in [-0.3, -0.25) is 0 Å². The van der Waals surface area contributed by atoms with Crippen LogP contribution in [0.4, 0.5) is 0 Å². The molecule has 10 heteroatoms. The highest BCUT2D eigenvalue weighted by Gasteiger charge is 2.40. The molecule has 1 aliphatic rings. The molecule has 1 fully saturated rings. The van der Waals surface area contributed by atoms with Gasteiger partial charge in [-0.05, 0) is 61.4 Å². The normalized spacial score (nSPS) is 13.9. The second-order valence-corrected chi connectivity index (χ2v) is 10.5. The topological polar surface area (TPSA) is 168 Å². The summed E-state index contributed by atoms with van der Waals surface area (Å²) in [5, 5.41) is 38.0. The first kappa shape index (κ1) is 29.8. The molecule has 4 aromatic carbocycles. The van der Waals surface area contributed by atoms with Crippen molar-refractivity contribution in [1.29, 1.82) is 0 Å². The molecule has 0 amide bonds. The van der Waals surface area contributed by atoms with Gasteiger partial charge in [0, 0.05) is 16.5 Å². The summed E-state index contributed by atoms with van der Waals surface area (Å²) in [5.41, 5.74) is -0.462. The predicted molar refractivity (Wildman–Crippen MR) is 158 cm³/mol. The van der Waals surface area contributed by atoms with Gasteiger partial charge in [-0.1, -0.05) is 55.7 Å². The highest BCUT2D eigenvalue weighted by atomic mass is 16.5. The molecule has 1 saturated carbocycles. The smallest absolute Gasteiger partial charge is 0.336 e. The van der Waals surface area contributed by atoms with Crippen LogP contribution in [0.3, 0.4) is 0 Å². The number of para-hydroxylation sites is 2. The molecule has 4 N–H and O–H groups in total. The van der Waals surface area contributed by atoms with E-state index in [2.05, 4.69) is 0 Å². The van der Waals surface area contributed by atoms with Crippen LogP contribution in [-0.2, 0) is 5.41 Å². The zero-order chi connectivity index (χ0) is 31.4. The van der Waals surface area contributed by atoms with Gasteiger partial charge in [-0.15, -0.1) is 0 Å². The van der Waals surface area contributed by atoms with Crippen molar-refractivity contribution in [2.45, 2.75) is 37.5 Å². The number of carbonyl (C=O) groups is 4. The van der Waals surface area contributed by atoms with Crippen molar-refractivity contribution in [2.75, 3.05) is 0 Å². The largest absolute Gasteiger partial charge is 0.478 e. The molecule has 4 aromatic rings. The van der Waals surface area contributed by atoms with E-state index in [1.165, 1.54) is 36.4 Å². The Balaban J connectivity index is 1.59. The predicted octanol–water partition coefficient (Wildman–Crippen LogP) is 7.31. The Bertz CT molecular complexity index is 1640. The first-order valence-corrected chi connectivity index (χ1v) is 13.9. The number of rotatable bonds is 10. The van der Waals surface area contributed by atoms with Gasteiger partial charge in [0.15, 0.2) is 0 Å². The lowest BCUT2D eigenvalue weighted by molar-refractivity contribution is 0.0651. The van der Waals surface area contributed by atoms with Crippen molar-refractivity contribution in [1.82, 2.24) is 0 Å². The van der Waals surface area contributed by atoms with E-state index in [9.17, 15) is 39.6 Å². The summed E-state index contributed by atoms with van der Waals surface area (Å²) >= 11 is 0. The Labute approximate surface area is 251 Å². The van der Waals surface area contributed by atoms with E-state index < -0.39 is 40.4 Å². The summed E-state index contributed by atoms with van der Waals surface area (Å²) in [5.74, 6) is -4.26. The van der Waals surface area contributed by atoms with Gasteiger partial charge in [0.05, 0.1) is 22.3 Å². The van der Waals surface area contributed by atoms with Gasteiger partial charge in [-0.25, -0.2) is 19.2 Å². The first-order chi connectivity index (χ1) is 21.1. The molecule has 0 unspecified atom stereocenters. The highest BCUT2D eigenvalue weighted by molar-refractivity contribution is 6.02. The molecule has 0 aliphatic heterocycles. The zero-order valence-electron chi connectivity index (χ0n) is 23.4. The Morgan fingerprint density at radius 1 is 0.500 bits per heavy atom. The lowest BCUT2D eigenvalue weighted by Gasteiger charge is -2.40. The molecule has 44 heavy (non-hydrogen) atoms. The molecule has 10 nitrogen and oxygen atoms in total. The average molecular weight is 597 g/mol. The van der Waals surface area contributed by atoms with Gasteiger partial charge in [0.1, 0.15) is 23.0 Å². The maximum atomic E-state index is 11.8. The average Bonchev–Trinajstić information content (AvgIpc) is 3.01. The molecule has 0 saturated heterocycles. The van der Waals surface area contributed by atoms with Gasteiger partial charge < -0.3 is 29.9 Å². The monoisotopic (exact) mass is 596 g/mol. The van der Waals surface area contributed by atoms with Crippen molar-refractivity contribution in [3.8, 4) is 23.0 Å². The number of carboxylic acids is 4. The molecule has 5 rings (SSSR count). The molecule has 0 radical (unpaired) electrons. The Kier molecular flexibility index (Phi) is 8.34. The van der Waals surface area contributed by atoms with Crippen LogP contribution in [0.5, 0.6) is 23.0 Å². The minimum absolute atomic E-state index is 0.162. The Hall–Kier alpha value is -5.64. The van der Waals surface area contributed by atoms with Crippen LogP contribution in [0.2, 0.25) is 0 Å². The van der Waals surface area contributed by atoms with Gasteiger partial charge in [-0.2, -0.15) is 0 Å². The highest BCUT2D eigenvalue weighted by Crippen LogP contribution is 2.51. The van der Waals surface area contributed by atoms with Crippen LogP contribution in [0.25, 0.3) is 0 Å². The van der Waals surface area contributed by atoms with E-state index in [0.29, 0.717) is 11.5 Å². The molecular formula is C34H28O10. The molecular weight excluding hydrogens is 568 g/mol. The summed E-state index contributed by atoms with van der Waals surface area (Å²) in [4.78, 5) is 46.7. The summed E-state index contributed by atoms with van der Waals surface area (Å²) in [6, 6.07) is 22.3. The van der Waals surface area contributed by atoms with Gasteiger partial charge in [0.2, 0.25) is 0 Å². The van der Waals surface area contributed by atoms with E-state index >= 15 is 0 Å².